The van der Waals surface area contributed by atoms with E-state index in [1.54, 1.807) is 13.0 Å². The first-order valence-electron chi connectivity index (χ1n) is 6.32. The Labute approximate surface area is 117 Å². The first-order valence-corrected chi connectivity index (χ1v) is 6.32. The van der Waals surface area contributed by atoms with Crippen molar-refractivity contribution in [3.8, 4) is 0 Å². The molecule has 4 heteroatoms. The van der Waals surface area contributed by atoms with E-state index in [4.69, 9.17) is 5.73 Å². The van der Waals surface area contributed by atoms with Crippen LogP contribution < -0.4 is 11.1 Å². The van der Waals surface area contributed by atoms with E-state index in [0.717, 1.165) is 11.1 Å². The molecule has 20 heavy (non-hydrogen) atoms. The van der Waals surface area contributed by atoms with Gasteiger partial charge in [0.1, 0.15) is 5.82 Å². The summed E-state index contributed by atoms with van der Waals surface area (Å²) in [5.74, 6) is -1.04. The Morgan fingerprint density at radius 1 is 1.10 bits per heavy atom. The van der Waals surface area contributed by atoms with E-state index in [2.05, 4.69) is 5.32 Å². The maximum atomic E-state index is 14.0. The molecule has 0 aromatic heterocycles. The van der Waals surface area contributed by atoms with Crippen LogP contribution in [-0.4, -0.2) is 5.91 Å². The number of hydrogen-bond acceptors (Lipinski definition) is 2. The summed E-state index contributed by atoms with van der Waals surface area (Å²) in [6.07, 6.45) is 0. The van der Waals surface area contributed by atoms with Gasteiger partial charge >= 0.3 is 0 Å². The number of anilines is 2. The zero-order valence-corrected chi connectivity index (χ0v) is 11.8. The standard InChI is InChI=1S/C16H17FN2O/c1-9-4-5-14(10(2)6-9)19-16(20)13-8-12(18)7-11(3)15(13)17/h4-8H,18H2,1-3H3,(H,19,20). The number of nitrogens with two attached hydrogens (primary N) is 1. The summed E-state index contributed by atoms with van der Waals surface area (Å²) in [5, 5.41) is 2.71. The van der Waals surface area contributed by atoms with E-state index in [1.807, 2.05) is 26.0 Å². The molecule has 2 aromatic rings. The fourth-order valence-electron chi connectivity index (χ4n) is 2.11. The molecule has 0 fully saturated rings. The van der Waals surface area contributed by atoms with Crippen LogP contribution in [0.4, 0.5) is 15.8 Å². The van der Waals surface area contributed by atoms with E-state index < -0.39 is 11.7 Å². The van der Waals surface area contributed by atoms with Gasteiger partial charge in [0.25, 0.3) is 5.91 Å². The van der Waals surface area contributed by atoms with Gasteiger partial charge in [-0.05, 0) is 50.1 Å². The van der Waals surface area contributed by atoms with Gasteiger partial charge in [-0.3, -0.25) is 4.79 Å². The molecule has 0 heterocycles. The van der Waals surface area contributed by atoms with Gasteiger partial charge in [0, 0.05) is 11.4 Å². The number of hydrogen-bond donors (Lipinski definition) is 2. The summed E-state index contributed by atoms with van der Waals surface area (Å²) >= 11 is 0. The number of nitrogen functional groups attached to an aromatic ring is 1. The lowest BCUT2D eigenvalue weighted by Crippen LogP contribution is -2.15. The van der Waals surface area contributed by atoms with E-state index >= 15 is 0 Å². The third kappa shape index (κ3) is 2.79. The van der Waals surface area contributed by atoms with E-state index in [0.29, 0.717) is 16.9 Å². The Bertz CT molecular complexity index is 680. The Hall–Kier alpha value is -2.36. The van der Waals surface area contributed by atoms with Gasteiger partial charge in [-0.25, -0.2) is 4.39 Å². The van der Waals surface area contributed by atoms with Crippen molar-refractivity contribution in [1.82, 2.24) is 0 Å². The predicted molar refractivity (Wildman–Crippen MR) is 79.4 cm³/mol. The van der Waals surface area contributed by atoms with Crippen molar-refractivity contribution in [2.45, 2.75) is 20.8 Å². The van der Waals surface area contributed by atoms with Crippen LogP contribution in [0.2, 0.25) is 0 Å². The SMILES string of the molecule is Cc1ccc(NC(=O)c2cc(N)cc(C)c2F)c(C)c1. The minimum atomic E-state index is -0.540. The topological polar surface area (TPSA) is 55.1 Å². The van der Waals surface area contributed by atoms with Crippen molar-refractivity contribution >= 4 is 17.3 Å². The molecule has 0 saturated heterocycles. The third-order valence-corrected chi connectivity index (χ3v) is 3.15. The highest BCUT2D eigenvalue weighted by molar-refractivity contribution is 6.05. The summed E-state index contributed by atoms with van der Waals surface area (Å²) in [5.41, 5.74) is 9.05. The molecule has 3 nitrogen and oxygen atoms in total. The first kappa shape index (κ1) is 14.1. The fraction of sp³-hybridized carbons (Fsp3) is 0.188. The van der Waals surface area contributed by atoms with Crippen LogP contribution in [0.5, 0.6) is 0 Å². The Balaban J connectivity index is 2.33. The summed E-state index contributed by atoms with van der Waals surface area (Å²) in [6.45, 7) is 5.45. The minimum absolute atomic E-state index is 0.0394. The Morgan fingerprint density at radius 2 is 1.80 bits per heavy atom. The van der Waals surface area contributed by atoms with Gasteiger partial charge in [-0.15, -0.1) is 0 Å². The highest BCUT2D eigenvalue weighted by Crippen LogP contribution is 2.21. The molecule has 0 spiro atoms. The largest absolute Gasteiger partial charge is 0.399 e. The molecule has 2 aromatic carbocycles. The average Bonchev–Trinajstić information content (AvgIpc) is 2.37. The maximum absolute atomic E-state index is 14.0. The smallest absolute Gasteiger partial charge is 0.258 e. The molecule has 0 radical (unpaired) electrons. The molecule has 3 N–H and O–H groups in total. The first-order chi connectivity index (χ1) is 9.38. The zero-order valence-electron chi connectivity index (χ0n) is 11.8. The molecule has 0 unspecified atom stereocenters. The van der Waals surface area contributed by atoms with Crippen molar-refractivity contribution < 1.29 is 9.18 Å². The monoisotopic (exact) mass is 272 g/mol. The van der Waals surface area contributed by atoms with Gasteiger partial charge < -0.3 is 11.1 Å². The van der Waals surface area contributed by atoms with E-state index in [9.17, 15) is 9.18 Å². The van der Waals surface area contributed by atoms with Crippen LogP contribution in [0.15, 0.2) is 30.3 Å². The molecular formula is C16H17FN2O. The number of amides is 1. The molecule has 104 valence electrons. The molecule has 1 amide bonds. The summed E-state index contributed by atoms with van der Waals surface area (Å²) < 4.78 is 14.0. The number of halogens is 1. The van der Waals surface area contributed by atoms with Gasteiger partial charge in [-0.1, -0.05) is 17.7 Å². The van der Waals surface area contributed by atoms with Gasteiger partial charge in [-0.2, -0.15) is 0 Å². The zero-order chi connectivity index (χ0) is 14.9. The molecule has 0 bridgehead atoms. The Kier molecular flexibility index (Phi) is 3.74. The number of carbonyl (C=O) groups is 1. The van der Waals surface area contributed by atoms with Crippen LogP contribution >= 0.6 is 0 Å². The number of benzene rings is 2. The van der Waals surface area contributed by atoms with Crippen LogP contribution in [-0.2, 0) is 0 Å². The van der Waals surface area contributed by atoms with Crippen molar-refractivity contribution in [3.05, 3.63) is 58.4 Å². The average molecular weight is 272 g/mol. The fourth-order valence-corrected chi connectivity index (χ4v) is 2.11. The summed E-state index contributed by atoms with van der Waals surface area (Å²) in [7, 11) is 0. The van der Waals surface area contributed by atoms with Gasteiger partial charge in [0.15, 0.2) is 0 Å². The van der Waals surface area contributed by atoms with Crippen LogP contribution in [0.25, 0.3) is 0 Å². The Morgan fingerprint density at radius 3 is 2.45 bits per heavy atom. The molecule has 0 atom stereocenters. The van der Waals surface area contributed by atoms with Crippen molar-refractivity contribution in [2.75, 3.05) is 11.1 Å². The van der Waals surface area contributed by atoms with Crippen LogP contribution in [0.3, 0.4) is 0 Å². The third-order valence-electron chi connectivity index (χ3n) is 3.15. The highest BCUT2D eigenvalue weighted by atomic mass is 19.1. The highest BCUT2D eigenvalue weighted by Gasteiger charge is 2.15. The lowest BCUT2D eigenvalue weighted by molar-refractivity contribution is 0.102. The number of nitrogens with one attached hydrogen (secondary N) is 1. The van der Waals surface area contributed by atoms with Crippen molar-refractivity contribution in [1.29, 1.82) is 0 Å². The van der Waals surface area contributed by atoms with Crippen LogP contribution in [0.1, 0.15) is 27.0 Å². The van der Waals surface area contributed by atoms with E-state index in [-0.39, 0.29) is 5.56 Å². The molecule has 0 aliphatic heterocycles. The number of carbonyl (C=O) groups excluding carboxylic acids is 1. The number of aryl methyl sites for hydroxylation is 3. The predicted octanol–water partition coefficient (Wildman–Crippen LogP) is 3.59. The molecule has 0 aliphatic rings. The minimum Gasteiger partial charge on any atom is -0.399 e. The second kappa shape index (κ2) is 5.33. The van der Waals surface area contributed by atoms with Gasteiger partial charge in [0.2, 0.25) is 0 Å². The quantitative estimate of drug-likeness (QED) is 0.821. The van der Waals surface area contributed by atoms with Gasteiger partial charge in [0.05, 0.1) is 5.56 Å². The lowest BCUT2D eigenvalue weighted by Gasteiger charge is -2.11. The van der Waals surface area contributed by atoms with E-state index in [1.165, 1.54) is 12.1 Å². The lowest BCUT2D eigenvalue weighted by atomic mass is 10.1. The molecule has 2 rings (SSSR count). The normalized spacial score (nSPS) is 10.4. The van der Waals surface area contributed by atoms with Crippen molar-refractivity contribution in [2.24, 2.45) is 0 Å². The van der Waals surface area contributed by atoms with Crippen LogP contribution in [0, 0.1) is 26.6 Å². The van der Waals surface area contributed by atoms with Crippen molar-refractivity contribution in [3.63, 3.8) is 0 Å². The second-order valence-corrected chi connectivity index (χ2v) is 4.97. The number of rotatable bonds is 2. The summed E-state index contributed by atoms with van der Waals surface area (Å²) in [4.78, 5) is 12.2. The molecular weight excluding hydrogens is 255 g/mol. The summed E-state index contributed by atoms with van der Waals surface area (Å²) in [6, 6.07) is 8.50. The molecule has 0 aliphatic carbocycles. The maximum Gasteiger partial charge on any atom is 0.258 e. The molecule has 0 saturated carbocycles. The second-order valence-electron chi connectivity index (χ2n) is 4.97.